The minimum atomic E-state index is -0.608. The van der Waals surface area contributed by atoms with Crippen molar-refractivity contribution in [2.24, 2.45) is 13.0 Å². The standard InChI is InChI=1S/C23H25N3O4/c1-3-30-23(29)19-20(16-7-4-5-9-18(16)25(2)22(19)28)26-13-10-15(11-14-26)21(27)17-8-6-12-24-17/h4-9,12,15,24H,3,10-11,13-14H2,1-2H3. The van der Waals surface area contributed by atoms with Crippen molar-refractivity contribution in [3.05, 3.63) is 64.2 Å². The fourth-order valence-electron chi connectivity index (χ4n) is 4.26. The molecule has 7 heteroatoms. The van der Waals surface area contributed by atoms with Gasteiger partial charge in [-0.05, 0) is 38.0 Å². The fourth-order valence-corrected chi connectivity index (χ4v) is 4.26. The summed E-state index contributed by atoms with van der Waals surface area (Å²) in [6.45, 7) is 3.09. The van der Waals surface area contributed by atoms with Gasteiger partial charge in [0.1, 0.15) is 5.56 Å². The lowest BCUT2D eigenvalue weighted by Crippen LogP contribution is -2.39. The Labute approximate surface area is 174 Å². The third-order valence-electron chi connectivity index (χ3n) is 5.80. The van der Waals surface area contributed by atoms with Crippen molar-refractivity contribution in [1.29, 1.82) is 0 Å². The summed E-state index contributed by atoms with van der Waals surface area (Å²) in [5.41, 5.74) is 1.69. The lowest BCUT2D eigenvalue weighted by molar-refractivity contribution is 0.0524. The molecule has 0 radical (unpaired) electrons. The third-order valence-corrected chi connectivity index (χ3v) is 5.80. The second kappa shape index (κ2) is 8.18. The number of nitrogens with zero attached hydrogens (tertiary/aromatic N) is 2. The van der Waals surface area contributed by atoms with Gasteiger partial charge in [-0.25, -0.2) is 4.79 Å². The van der Waals surface area contributed by atoms with Crippen LogP contribution in [-0.2, 0) is 11.8 Å². The predicted octanol–water partition coefficient (Wildman–Crippen LogP) is 3.14. The van der Waals surface area contributed by atoms with Crippen LogP contribution in [0, 0.1) is 5.92 Å². The van der Waals surface area contributed by atoms with Gasteiger partial charge >= 0.3 is 5.97 Å². The number of para-hydroxylation sites is 1. The van der Waals surface area contributed by atoms with Crippen LogP contribution in [0.1, 0.15) is 40.6 Å². The number of anilines is 1. The van der Waals surface area contributed by atoms with Gasteiger partial charge in [0.15, 0.2) is 5.78 Å². The predicted molar refractivity (Wildman–Crippen MR) is 115 cm³/mol. The van der Waals surface area contributed by atoms with Crippen LogP contribution in [0.25, 0.3) is 10.9 Å². The molecule has 30 heavy (non-hydrogen) atoms. The molecule has 7 nitrogen and oxygen atoms in total. The molecule has 1 N–H and O–H groups in total. The van der Waals surface area contributed by atoms with E-state index in [2.05, 4.69) is 9.88 Å². The van der Waals surface area contributed by atoms with Gasteiger partial charge in [0.2, 0.25) is 0 Å². The molecule has 0 saturated carbocycles. The second-order valence-electron chi connectivity index (χ2n) is 7.53. The van der Waals surface area contributed by atoms with E-state index in [1.54, 1.807) is 26.2 Å². The highest BCUT2D eigenvalue weighted by atomic mass is 16.5. The summed E-state index contributed by atoms with van der Waals surface area (Å²) in [6, 6.07) is 11.2. The number of hydrogen-bond acceptors (Lipinski definition) is 5. The first-order chi connectivity index (χ1) is 14.5. The topological polar surface area (TPSA) is 84.4 Å². The molecule has 1 fully saturated rings. The van der Waals surface area contributed by atoms with E-state index in [1.165, 1.54) is 4.57 Å². The highest BCUT2D eigenvalue weighted by Gasteiger charge is 2.31. The number of ether oxygens (including phenoxy) is 1. The van der Waals surface area contributed by atoms with Crippen LogP contribution in [0.2, 0.25) is 0 Å². The second-order valence-corrected chi connectivity index (χ2v) is 7.53. The molecule has 0 atom stereocenters. The third kappa shape index (κ3) is 3.40. The minimum absolute atomic E-state index is 0.0622. The molecular formula is C23H25N3O4. The van der Waals surface area contributed by atoms with Crippen LogP contribution in [0.15, 0.2) is 47.4 Å². The summed E-state index contributed by atoms with van der Waals surface area (Å²) in [6.07, 6.45) is 3.06. The summed E-state index contributed by atoms with van der Waals surface area (Å²) < 4.78 is 6.71. The Hall–Kier alpha value is -3.35. The Kier molecular flexibility index (Phi) is 5.44. The van der Waals surface area contributed by atoms with Crippen molar-refractivity contribution in [2.75, 3.05) is 24.6 Å². The first kappa shape index (κ1) is 19.9. The summed E-state index contributed by atoms with van der Waals surface area (Å²) in [7, 11) is 1.67. The molecule has 0 bridgehead atoms. The van der Waals surface area contributed by atoms with Crippen LogP contribution in [0.5, 0.6) is 0 Å². The quantitative estimate of drug-likeness (QED) is 0.519. The normalized spacial score (nSPS) is 14.8. The fraction of sp³-hybridized carbons (Fsp3) is 0.348. The van der Waals surface area contributed by atoms with Gasteiger partial charge in [-0.1, -0.05) is 18.2 Å². The van der Waals surface area contributed by atoms with Crippen molar-refractivity contribution >= 4 is 28.3 Å². The first-order valence-electron chi connectivity index (χ1n) is 10.2. The van der Waals surface area contributed by atoms with Crippen molar-refractivity contribution in [3.63, 3.8) is 0 Å². The van der Waals surface area contributed by atoms with E-state index in [4.69, 9.17) is 4.74 Å². The van der Waals surface area contributed by atoms with Gasteiger partial charge in [-0.15, -0.1) is 0 Å². The Morgan fingerprint density at radius 1 is 1.13 bits per heavy atom. The molecule has 0 unspecified atom stereocenters. The van der Waals surface area contributed by atoms with E-state index >= 15 is 0 Å². The number of aromatic amines is 1. The summed E-state index contributed by atoms with van der Waals surface area (Å²) in [5.74, 6) is -0.578. The highest BCUT2D eigenvalue weighted by Crippen LogP contribution is 2.33. The maximum absolute atomic E-state index is 13.1. The maximum atomic E-state index is 13.1. The van der Waals surface area contributed by atoms with Gasteiger partial charge in [-0.2, -0.15) is 0 Å². The van der Waals surface area contributed by atoms with Gasteiger partial charge in [-0.3, -0.25) is 9.59 Å². The maximum Gasteiger partial charge on any atom is 0.345 e. The zero-order valence-electron chi connectivity index (χ0n) is 17.2. The number of ketones is 1. The zero-order valence-corrected chi connectivity index (χ0v) is 17.2. The largest absolute Gasteiger partial charge is 0.462 e. The van der Waals surface area contributed by atoms with Crippen LogP contribution in [0.3, 0.4) is 0 Å². The average molecular weight is 407 g/mol. The van der Waals surface area contributed by atoms with E-state index in [0.29, 0.717) is 37.3 Å². The summed E-state index contributed by atoms with van der Waals surface area (Å²) in [5, 5.41) is 0.830. The smallest absolute Gasteiger partial charge is 0.345 e. The van der Waals surface area contributed by atoms with E-state index in [1.807, 2.05) is 30.3 Å². The summed E-state index contributed by atoms with van der Waals surface area (Å²) in [4.78, 5) is 43.5. The van der Waals surface area contributed by atoms with Crippen molar-refractivity contribution < 1.29 is 14.3 Å². The van der Waals surface area contributed by atoms with Gasteiger partial charge in [0.25, 0.3) is 5.56 Å². The van der Waals surface area contributed by atoms with E-state index in [-0.39, 0.29) is 29.4 Å². The number of esters is 1. The number of rotatable bonds is 5. The van der Waals surface area contributed by atoms with E-state index in [0.717, 1.165) is 10.9 Å². The number of hydrogen-bond donors (Lipinski definition) is 1. The minimum Gasteiger partial charge on any atom is -0.462 e. The molecule has 0 aliphatic carbocycles. The Balaban J connectivity index is 1.72. The van der Waals surface area contributed by atoms with E-state index in [9.17, 15) is 14.4 Å². The van der Waals surface area contributed by atoms with Crippen LogP contribution < -0.4 is 10.5 Å². The molecule has 0 spiro atoms. The van der Waals surface area contributed by atoms with E-state index < -0.39 is 5.97 Å². The van der Waals surface area contributed by atoms with Crippen molar-refractivity contribution in [2.45, 2.75) is 19.8 Å². The van der Waals surface area contributed by atoms with Crippen LogP contribution in [-0.4, -0.2) is 41.0 Å². The molecule has 3 heterocycles. The number of aromatic nitrogens is 2. The number of carbonyl (C=O) groups is 2. The number of fused-ring (bicyclic) bond motifs is 1. The lowest BCUT2D eigenvalue weighted by Gasteiger charge is -2.34. The van der Waals surface area contributed by atoms with Gasteiger partial charge in [0.05, 0.1) is 23.5 Å². The number of piperidine rings is 1. The SMILES string of the molecule is CCOC(=O)c1c(N2CCC(C(=O)c3ccc[nH]3)CC2)c2ccccc2n(C)c1=O. The Morgan fingerprint density at radius 2 is 1.87 bits per heavy atom. The lowest BCUT2D eigenvalue weighted by atomic mass is 9.90. The number of aryl methyl sites for hydroxylation is 1. The van der Waals surface area contributed by atoms with Crippen molar-refractivity contribution in [3.8, 4) is 0 Å². The average Bonchev–Trinajstić information content (AvgIpc) is 3.31. The molecule has 1 aliphatic rings. The van der Waals surface area contributed by atoms with Crippen LogP contribution in [0.4, 0.5) is 5.69 Å². The molecular weight excluding hydrogens is 382 g/mol. The molecule has 3 aromatic rings. The number of Topliss-reactive ketones (excluding diaryl/α,β-unsaturated/α-hetero) is 1. The number of H-pyrrole nitrogens is 1. The van der Waals surface area contributed by atoms with Crippen molar-refractivity contribution in [1.82, 2.24) is 9.55 Å². The first-order valence-corrected chi connectivity index (χ1v) is 10.2. The summed E-state index contributed by atoms with van der Waals surface area (Å²) >= 11 is 0. The zero-order chi connectivity index (χ0) is 21.3. The molecule has 0 amide bonds. The molecule has 4 rings (SSSR count). The molecule has 1 saturated heterocycles. The monoisotopic (exact) mass is 407 g/mol. The van der Waals surface area contributed by atoms with Crippen LogP contribution >= 0.6 is 0 Å². The molecule has 2 aromatic heterocycles. The molecule has 1 aromatic carbocycles. The number of benzene rings is 1. The Morgan fingerprint density at radius 3 is 2.53 bits per heavy atom. The molecule has 156 valence electrons. The Bertz CT molecular complexity index is 1140. The number of carbonyl (C=O) groups excluding carboxylic acids is 2. The number of pyridine rings is 1. The highest BCUT2D eigenvalue weighted by molar-refractivity contribution is 6.05. The van der Waals surface area contributed by atoms with Gasteiger partial charge in [0, 0.05) is 37.6 Å². The molecule has 1 aliphatic heterocycles. The number of nitrogens with one attached hydrogen (secondary N) is 1. The van der Waals surface area contributed by atoms with Gasteiger partial charge < -0.3 is 19.2 Å².